The van der Waals surface area contributed by atoms with Crippen molar-refractivity contribution in [3.8, 4) is 0 Å². The van der Waals surface area contributed by atoms with Crippen molar-refractivity contribution >= 4 is 11.6 Å². The molecular weight excluding hydrogens is 235 g/mol. The number of pyridine rings is 1. The minimum Gasteiger partial charge on any atom is -0.385 e. The molecule has 0 aliphatic heterocycles. The van der Waals surface area contributed by atoms with Crippen LogP contribution < -0.4 is 5.32 Å². The molecule has 0 saturated heterocycles. The first-order valence-electron chi connectivity index (χ1n) is 6.04. The quantitative estimate of drug-likeness (QED) is 0.767. The minimum atomic E-state index is -0.321. The summed E-state index contributed by atoms with van der Waals surface area (Å²) in [5.41, 5.74) is 0.637. The van der Waals surface area contributed by atoms with Crippen molar-refractivity contribution < 1.29 is 9.13 Å². The maximum atomic E-state index is 12.9. The standard InChI is InChI=1S/C12H17FN4O/c1-18-8-4-2-3-7-14-12-15-11-6-5-10(13)9-17(11)16-12/h5-6,9H,2-4,7-8H2,1H3,(H,14,16). The Hall–Kier alpha value is -1.69. The summed E-state index contributed by atoms with van der Waals surface area (Å²) in [6, 6.07) is 2.98. The van der Waals surface area contributed by atoms with Crippen LogP contribution in [0.15, 0.2) is 18.3 Å². The summed E-state index contributed by atoms with van der Waals surface area (Å²) < 4.78 is 19.4. The third-order valence-electron chi connectivity index (χ3n) is 2.60. The first kappa shape index (κ1) is 12.8. The fourth-order valence-corrected chi connectivity index (χ4v) is 1.68. The minimum absolute atomic E-state index is 0.321. The fourth-order valence-electron chi connectivity index (χ4n) is 1.68. The van der Waals surface area contributed by atoms with Crippen LogP contribution in [0.25, 0.3) is 5.65 Å². The van der Waals surface area contributed by atoms with Gasteiger partial charge < -0.3 is 10.1 Å². The lowest BCUT2D eigenvalue weighted by Crippen LogP contribution is -2.03. The SMILES string of the molecule is COCCCCCNc1nc2ccc(F)cn2n1. The van der Waals surface area contributed by atoms with E-state index in [4.69, 9.17) is 4.74 Å². The number of unbranched alkanes of at least 4 members (excludes halogenated alkanes) is 2. The van der Waals surface area contributed by atoms with Gasteiger partial charge in [0.05, 0.1) is 6.20 Å². The molecule has 0 aromatic carbocycles. The number of hydrogen-bond acceptors (Lipinski definition) is 4. The van der Waals surface area contributed by atoms with Crippen LogP contribution in [0, 0.1) is 5.82 Å². The monoisotopic (exact) mass is 252 g/mol. The van der Waals surface area contributed by atoms with Gasteiger partial charge in [-0.2, -0.15) is 4.98 Å². The second kappa shape index (κ2) is 6.30. The summed E-state index contributed by atoms with van der Waals surface area (Å²) in [4.78, 5) is 4.24. The Balaban J connectivity index is 1.81. The lowest BCUT2D eigenvalue weighted by atomic mass is 10.2. The zero-order valence-electron chi connectivity index (χ0n) is 10.4. The smallest absolute Gasteiger partial charge is 0.243 e. The number of fused-ring (bicyclic) bond motifs is 1. The molecule has 1 N–H and O–H groups in total. The number of ether oxygens (including phenoxy) is 1. The van der Waals surface area contributed by atoms with E-state index in [1.165, 1.54) is 16.8 Å². The number of aromatic nitrogens is 3. The Kier molecular flexibility index (Phi) is 4.46. The van der Waals surface area contributed by atoms with Crippen molar-refractivity contribution in [3.63, 3.8) is 0 Å². The van der Waals surface area contributed by atoms with Gasteiger partial charge in [0.15, 0.2) is 5.65 Å². The molecule has 18 heavy (non-hydrogen) atoms. The van der Waals surface area contributed by atoms with Gasteiger partial charge >= 0.3 is 0 Å². The molecule has 0 radical (unpaired) electrons. The first-order valence-corrected chi connectivity index (χ1v) is 6.04. The lowest BCUT2D eigenvalue weighted by molar-refractivity contribution is 0.192. The Bertz CT molecular complexity index is 500. The van der Waals surface area contributed by atoms with Crippen LogP contribution in [0.1, 0.15) is 19.3 Å². The molecule has 2 heterocycles. The Morgan fingerprint density at radius 2 is 2.22 bits per heavy atom. The molecule has 0 unspecified atom stereocenters. The number of anilines is 1. The van der Waals surface area contributed by atoms with Gasteiger partial charge in [-0.25, -0.2) is 8.91 Å². The summed E-state index contributed by atoms with van der Waals surface area (Å²) >= 11 is 0. The Morgan fingerprint density at radius 3 is 3.06 bits per heavy atom. The van der Waals surface area contributed by atoms with E-state index >= 15 is 0 Å². The normalized spacial score (nSPS) is 11.0. The highest BCUT2D eigenvalue weighted by Crippen LogP contribution is 2.07. The molecule has 2 aromatic rings. The van der Waals surface area contributed by atoms with E-state index in [1.807, 2.05) is 0 Å². The number of hydrogen-bond donors (Lipinski definition) is 1. The van der Waals surface area contributed by atoms with E-state index in [2.05, 4.69) is 15.4 Å². The Labute approximate surface area is 105 Å². The van der Waals surface area contributed by atoms with Crippen LogP contribution in [-0.2, 0) is 4.74 Å². The van der Waals surface area contributed by atoms with Gasteiger partial charge in [-0.3, -0.25) is 0 Å². The second-order valence-electron chi connectivity index (χ2n) is 4.07. The highest BCUT2D eigenvalue weighted by molar-refractivity contribution is 5.42. The number of methoxy groups -OCH3 is 1. The molecule has 5 nitrogen and oxygen atoms in total. The molecule has 98 valence electrons. The number of halogens is 1. The number of nitrogens with zero attached hydrogens (tertiary/aromatic N) is 3. The summed E-state index contributed by atoms with van der Waals surface area (Å²) in [6.45, 7) is 1.61. The van der Waals surface area contributed by atoms with Crippen LogP contribution in [0.2, 0.25) is 0 Å². The van der Waals surface area contributed by atoms with Gasteiger partial charge in [-0.1, -0.05) is 0 Å². The van der Waals surface area contributed by atoms with Gasteiger partial charge in [0, 0.05) is 20.3 Å². The van der Waals surface area contributed by atoms with Gasteiger partial charge in [0.25, 0.3) is 0 Å². The first-order chi connectivity index (χ1) is 8.79. The molecule has 2 aromatic heterocycles. The maximum Gasteiger partial charge on any atom is 0.243 e. The van der Waals surface area contributed by atoms with Crippen molar-refractivity contribution in [2.24, 2.45) is 0 Å². The zero-order chi connectivity index (χ0) is 12.8. The van der Waals surface area contributed by atoms with Crippen LogP contribution in [0.5, 0.6) is 0 Å². The van der Waals surface area contributed by atoms with Crippen molar-refractivity contribution in [3.05, 3.63) is 24.1 Å². The highest BCUT2D eigenvalue weighted by Gasteiger charge is 2.03. The Morgan fingerprint density at radius 1 is 1.33 bits per heavy atom. The third kappa shape index (κ3) is 3.40. The van der Waals surface area contributed by atoms with Crippen molar-refractivity contribution in [1.82, 2.24) is 14.6 Å². The summed E-state index contributed by atoms with van der Waals surface area (Å²) in [5, 5.41) is 7.26. The maximum absolute atomic E-state index is 12.9. The average Bonchev–Trinajstić information content (AvgIpc) is 2.75. The predicted octanol–water partition coefficient (Wildman–Crippen LogP) is 2.10. The van der Waals surface area contributed by atoms with Gasteiger partial charge in [-0.15, -0.1) is 5.10 Å². The number of rotatable bonds is 7. The lowest BCUT2D eigenvalue weighted by Gasteiger charge is -2.01. The van der Waals surface area contributed by atoms with Crippen molar-refractivity contribution in [2.75, 3.05) is 25.6 Å². The van der Waals surface area contributed by atoms with E-state index in [9.17, 15) is 4.39 Å². The largest absolute Gasteiger partial charge is 0.385 e. The van der Waals surface area contributed by atoms with E-state index in [-0.39, 0.29) is 5.82 Å². The van der Waals surface area contributed by atoms with E-state index in [0.717, 1.165) is 32.4 Å². The highest BCUT2D eigenvalue weighted by atomic mass is 19.1. The van der Waals surface area contributed by atoms with Gasteiger partial charge in [0.1, 0.15) is 5.82 Å². The molecular formula is C12H17FN4O. The fraction of sp³-hybridized carbons (Fsp3) is 0.500. The van der Waals surface area contributed by atoms with Crippen LogP contribution in [-0.4, -0.2) is 34.9 Å². The van der Waals surface area contributed by atoms with Crippen molar-refractivity contribution in [1.29, 1.82) is 0 Å². The topological polar surface area (TPSA) is 51.5 Å². The molecule has 6 heteroatoms. The second-order valence-corrected chi connectivity index (χ2v) is 4.07. The molecule has 0 bridgehead atoms. The molecule has 0 atom stereocenters. The van der Waals surface area contributed by atoms with E-state index in [0.29, 0.717) is 11.6 Å². The van der Waals surface area contributed by atoms with Crippen LogP contribution in [0.3, 0.4) is 0 Å². The summed E-state index contributed by atoms with van der Waals surface area (Å²) in [6.07, 6.45) is 4.50. The van der Waals surface area contributed by atoms with Crippen LogP contribution >= 0.6 is 0 Å². The third-order valence-corrected chi connectivity index (χ3v) is 2.60. The number of nitrogens with one attached hydrogen (secondary N) is 1. The molecule has 0 aliphatic carbocycles. The average molecular weight is 252 g/mol. The van der Waals surface area contributed by atoms with Gasteiger partial charge in [0.2, 0.25) is 5.95 Å². The van der Waals surface area contributed by atoms with E-state index < -0.39 is 0 Å². The molecule has 0 aliphatic rings. The molecule has 0 fully saturated rings. The molecule has 2 rings (SSSR count). The van der Waals surface area contributed by atoms with Crippen LogP contribution in [0.4, 0.5) is 10.3 Å². The van der Waals surface area contributed by atoms with Gasteiger partial charge in [-0.05, 0) is 31.4 Å². The summed E-state index contributed by atoms with van der Waals surface area (Å²) in [7, 11) is 1.71. The van der Waals surface area contributed by atoms with Crippen molar-refractivity contribution in [2.45, 2.75) is 19.3 Å². The van der Waals surface area contributed by atoms with E-state index in [1.54, 1.807) is 13.2 Å². The predicted molar refractivity (Wildman–Crippen MR) is 67.2 cm³/mol. The molecule has 0 saturated carbocycles. The molecule has 0 spiro atoms. The molecule has 0 amide bonds. The zero-order valence-corrected chi connectivity index (χ0v) is 10.4. The summed E-state index contributed by atoms with van der Waals surface area (Å²) in [5.74, 6) is 0.214.